The molecule has 11 aromatic rings. The minimum absolute atomic E-state index is 0.155. The number of fused-ring (bicyclic) bond motifs is 3. The monoisotopic (exact) mass is 922 g/mol. The van der Waals surface area contributed by atoms with E-state index < -0.39 is 0 Å². The lowest BCUT2D eigenvalue weighted by molar-refractivity contribution is 0.468. The third-order valence-electron chi connectivity index (χ3n) is 15.9. The molecule has 0 saturated carbocycles. The van der Waals surface area contributed by atoms with Gasteiger partial charge in [-0.15, -0.1) is 0 Å². The Hall–Kier alpha value is -8.87. The lowest BCUT2D eigenvalue weighted by atomic mass is 9.30. The van der Waals surface area contributed by atoms with Crippen molar-refractivity contribution in [3.8, 4) is 28.7 Å². The largest absolute Gasteiger partial charge is 0.458 e. The minimum Gasteiger partial charge on any atom is -0.458 e. The highest BCUT2D eigenvalue weighted by Gasteiger charge is 2.50. The zero-order chi connectivity index (χ0) is 47.6. The second-order valence-electron chi connectivity index (χ2n) is 20.8. The van der Waals surface area contributed by atoms with Crippen molar-refractivity contribution < 1.29 is 9.47 Å². The molecule has 0 spiro atoms. The van der Waals surface area contributed by atoms with Crippen LogP contribution in [0.25, 0.3) is 27.5 Å². The summed E-state index contributed by atoms with van der Waals surface area (Å²) in [4.78, 5) is 7.52. The van der Waals surface area contributed by atoms with Gasteiger partial charge < -0.3 is 28.7 Å². The van der Waals surface area contributed by atoms with Gasteiger partial charge in [0.25, 0.3) is 13.4 Å². The van der Waals surface area contributed by atoms with E-state index in [9.17, 15) is 0 Å². The summed E-state index contributed by atoms with van der Waals surface area (Å²) in [5, 5.41) is 2.43. The van der Waals surface area contributed by atoms with Gasteiger partial charge in [-0.3, -0.25) is 0 Å². The van der Waals surface area contributed by atoms with Crippen LogP contribution in [-0.2, 0) is 5.41 Å². The molecular formula is C64H44B2N4O2. The van der Waals surface area contributed by atoms with Crippen molar-refractivity contribution in [2.45, 2.75) is 26.2 Å². The highest BCUT2D eigenvalue weighted by molar-refractivity contribution is 7.03. The predicted molar refractivity (Wildman–Crippen MR) is 299 cm³/mol. The van der Waals surface area contributed by atoms with Crippen LogP contribution in [0.5, 0.6) is 23.0 Å². The molecule has 0 atom stereocenters. The molecule has 0 amide bonds. The van der Waals surface area contributed by atoms with Crippen LogP contribution in [-0.4, -0.2) is 18.0 Å². The van der Waals surface area contributed by atoms with E-state index in [2.05, 4.69) is 252 Å². The Kier molecular flexibility index (Phi) is 7.96. The molecule has 6 heterocycles. The number of hydrogen-bond acceptors (Lipinski definition) is 5. The molecule has 5 aliphatic heterocycles. The van der Waals surface area contributed by atoms with E-state index in [1.165, 1.54) is 44.1 Å². The summed E-state index contributed by atoms with van der Waals surface area (Å²) >= 11 is 0. The average Bonchev–Trinajstić information content (AvgIpc) is 3.75. The van der Waals surface area contributed by atoms with Crippen LogP contribution in [0.3, 0.4) is 0 Å². The number of rotatable bonds is 4. The van der Waals surface area contributed by atoms with Crippen molar-refractivity contribution in [1.29, 1.82) is 0 Å². The Morgan fingerprint density at radius 1 is 0.333 bits per heavy atom. The molecule has 8 heteroatoms. The normalized spacial score (nSPS) is 14.1. The molecule has 5 aliphatic rings. The van der Waals surface area contributed by atoms with Crippen molar-refractivity contribution >= 4 is 119 Å². The Bertz CT molecular complexity index is 4080. The maximum absolute atomic E-state index is 7.57. The molecule has 72 heavy (non-hydrogen) atoms. The number of benzene rings is 10. The summed E-state index contributed by atoms with van der Waals surface area (Å²) in [6.45, 7) is 6.61. The molecule has 1 aromatic heterocycles. The first kappa shape index (κ1) is 39.9. The highest BCUT2D eigenvalue weighted by Crippen LogP contribution is 2.51. The van der Waals surface area contributed by atoms with Crippen molar-refractivity contribution in [3.63, 3.8) is 0 Å². The number of aromatic nitrogens is 1. The summed E-state index contributed by atoms with van der Waals surface area (Å²) in [5.74, 6) is 3.27. The molecule has 0 unspecified atom stereocenters. The van der Waals surface area contributed by atoms with Gasteiger partial charge in [-0.25, -0.2) is 0 Å². The van der Waals surface area contributed by atoms with Gasteiger partial charge in [0.1, 0.15) is 23.0 Å². The lowest BCUT2D eigenvalue weighted by Crippen LogP contribution is -2.65. The van der Waals surface area contributed by atoms with Crippen LogP contribution in [0.15, 0.2) is 212 Å². The lowest BCUT2D eigenvalue weighted by Gasteiger charge is -2.47. The van der Waals surface area contributed by atoms with Gasteiger partial charge in [0, 0.05) is 73.5 Å². The molecule has 6 nitrogen and oxygen atoms in total. The maximum Gasteiger partial charge on any atom is 0.261 e. The zero-order valence-corrected chi connectivity index (χ0v) is 40.0. The Morgan fingerprint density at radius 3 is 1.33 bits per heavy atom. The predicted octanol–water partition coefficient (Wildman–Crippen LogP) is 12.7. The third kappa shape index (κ3) is 5.36. The van der Waals surface area contributed by atoms with E-state index >= 15 is 0 Å². The molecule has 0 N–H and O–H groups in total. The quantitative estimate of drug-likeness (QED) is 0.164. The fourth-order valence-corrected chi connectivity index (χ4v) is 12.9. The molecule has 338 valence electrons. The van der Waals surface area contributed by atoms with Gasteiger partial charge in [-0.1, -0.05) is 130 Å². The van der Waals surface area contributed by atoms with Crippen molar-refractivity contribution in [2.75, 3.05) is 14.7 Å². The van der Waals surface area contributed by atoms with Crippen LogP contribution in [0.2, 0.25) is 0 Å². The Morgan fingerprint density at radius 2 is 0.778 bits per heavy atom. The number of para-hydroxylation sites is 5. The first-order valence-electron chi connectivity index (χ1n) is 25.1. The van der Waals surface area contributed by atoms with Crippen LogP contribution < -0.4 is 57.0 Å². The van der Waals surface area contributed by atoms with Crippen LogP contribution in [0.4, 0.5) is 51.2 Å². The van der Waals surface area contributed by atoms with Crippen molar-refractivity contribution in [1.82, 2.24) is 4.57 Å². The molecular weight excluding hydrogens is 878 g/mol. The van der Waals surface area contributed by atoms with Crippen molar-refractivity contribution in [3.05, 3.63) is 218 Å². The van der Waals surface area contributed by atoms with Gasteiger partial charge in [-0.05, 0) is 135 Å². The van der Waals surface area contributed by atoms with Gasteiger partial charge in [0.15, 0.2) is 0 Å². The second kappa shape index (κ2) is 14.4. The molecule has 0 fully saturated rings. The molecule has 2 bridgehead atoms. The van der Waals surface area contributed by atoms with Crippen LogP contribution >= 0.6 is 0 Å². The molecule has 10 aromatic carbocycles. The topological polar surface area (TPSA) is 33.1 Å². The van der Waals surface area contributed by atoms with E-state index in [4.69, 9.17) is 9.47 Å². The van der Waals surface area contributed by atoms with E-state index in [1.807, 2.05) is 0 Å². The first-order valence-corrected chi connectivity index (χ1v) is 25.1. The first-order chi connectivity index (χ1) is 35.4. The SMILES string of the molecule is CC(C)(C)c1cc2c3c(c1)N(c1ccccc1)c1cccc4c1B3c1cc3c(cc1N2c1ccccc1)N(c1ccccc1)c1cc(-n2c5ccccc5c5ccccc52)cc2c1B3c1c(cccc1O4)O2. The van der Waals surface area contributed by atoms with Gasteiger partial charge in [0.2, 0.25) is 0 Å². The number of hydrogen-bond donors (Lipinski definition) is 0. The standard InChI is InChI=1S/C64H44B2N4O2/c1-64(2,3)39-33-53-60-54(34-39)68(41-21-9-5-10-22-41)51-38-52-47-37-46(51)65(60)61-50(67(53)40-19-7-4-8-20-40)29-17-30-56(61)71-57-31-18-32-58-63(57)66(47)62-55(69(52)42-23-11-6-12-24-42)35-43(36-59(62)72-58)70-48-27-15-13-25-44(48)45-26-14-16-28-49(45)70/h4-38H,1-3H3. The summed E-state index contributed by atoms with van der Waals surface area (Å²) in [5.41, 5.74) is 21.6. The number of ether oxygens (including phenoxy) is 2. The molecule has 16 rings (SSSR count). The van der Waals surface area contributed by atoms with Crippen molar-refractivity contribution in [2.24, 2.45) is 0 Å². The maximum atomic E-state index is 7.57. The van der Waals surface area contributed by atoms with Gasteiger partial charge in [-0.2, -0.15) is 0 Å². The van der Waals surface area contributed by atoms with Crippen LogP contribution in [0, 0.1) is 0 Å². The number of anilines is 9. The second-order valence-corrected chi connectivity index (χ2v) is 20.8. The molecule has 0 radical (unpaired) electrons. The smallest absolute Gasteiger partial charge is 0.261 e. The minimum atomic E-state index is -0.217. The van der Waals surface area contributed by atoms with E-state index in [1.54, 1.807) is 0 Å². The Balaban J connectivity index is 1.06. The summed E-state index contributed by atoms with van der Waals surface area (Å²) < 4.78 is 17.3. The van der Waals surface area contributed by atoms with E-state index in [0.717, 1.165) is 95.9 Å². The molecule has 0 aliphatic carbocycles. The number of nitrogens with zero attached hydrogens (tertiary/aromatic N) is 4. The fourth-order valence-electron chi connectivity index (χ4n) is 12.9. The fraction of sp³-hybridized carbons (Fsp3) is 0.0625. The van der Waals surface area contributed by atoms with E-state index in [0.29, 0.717) is 0 Å². The third-order valence-corrected chi connectivity index (χ3v) is 15.9. The van der Waals surface area contributed by atoms with E-state index in [-0.39, 0.29) is 18.8 Å². The summed E-state index contributed by atoms with van der Waals surface area (Å²) in [6, 6.07) is 77.9. The van der Waals surface area contributed by atoms with Crippen LogP contribution in [0.1, 0.15) is 26.3 Å². The summed E-state index contributed by atoms with van der Waals surface area (Å²) in [6.07, 6.45) is 0. The highest BCUT2D eigenvalue weighted by atomic mass is 16.5. The average molecular weight is 923 g/mol. The zero-order valence-electron chi connectivity index (χ0n) is 40.0. The molecule has 0 saturated heterocycles. The Labute approximate surface area is 418 Å². The summed E-state index contributed by atoms with van der Waals surface area (Å²) in [7, 11) is 0. The van der Waals surface area contributed by atoms with Gasteiger partial charge in [0.05, 0.1) is 16.7 Å². The van der Waals surface area contributed by atoms with Gasteiger partial charge >= 0.3 is 0 Å².